The number of urea groups is 1. The van der Waals surface area contributed by atoms with Crippen molar-refractivity contribution in [3.63, 3.8) is 0 Å². The summed E-state index contributed by atoms with van der Waals surface area (Å²) in [6.07, 6.45) is 6.65. The van der Waals surface area contributed by atoms with Gasteiger partial charge in [0.15, 0.2) is 15.1 Å². The molecule has 6 rings (SSSR count). The molecule has 0 radical (unpaired) electrons. The summed E-state index contributed by atoms with van der Waals surface area (Å²) in [5, 5.41) is 29.1. The van der Waals surface area contributed by atoms with Gasteiger partial charge in [-0.25, -0.2) is 23.7 Å². The van der Waals surface area contributed by atoms with Crippen LogP contribution in [0.2, 0.25) is 0 Å². The van der Waals surface area contributed by atoms with Gasteiger partial charge in [0.25, 0.3) is 0 Å². The number of primary amides is 1. The van der Waals surface area contributed by atoms with Gasteiger partial charge >= 0.3 is 6.03 Å². The average Bonchev–Trinajstić information content (AvgIpc) is 4.24. The van der Waals surface area contributed by atoms with E-state index in [1.165, 1.54) is 37.2 Å². The number of nitrogens with two attached hydrogens (primary N) is 1. The molecule has 2 aliphatic rings. The Morgan fingerprint density at radius 1 is 0.803 bits per heavy atom. The van der Waals surface area contributed by atoms with E-state index in [1.54, 1.807) is 30.5 Å². The first-order valence-electron chi connectivity index (χ1n) is 24.5. The van der Waals surface area contributed by atoms with Crippen molar-refractivity contribution in [1.29, 1.82) is 0 Å². The molecule has 2 saturated heterocycles. The number of carbonyl (C=O) groups excluding carboxylic acids is 9. The number of nitrogens with zero attached hydrogens (tertiary/aromatic N) is 1. The van der Waals surface area contributed by atoms with Crippen molar-refractivity contribution in [2.24, 2.45) is 5.73 Å². The lowest BCUT2D eigenvalue weighted by molar-refractivity contribution is -0.134. The maximum atomic E-state index is 14.4. The van der Waals surface area contributed by atoms with E-state index in [9.17, 15) is 56.8 Å². The number of nitrogens with one attached hydrogen (secondary N) is 11. The Morgan fingerprint density at radius 3 is 2.26 bits per heavy atom. The number of sulfone groups is 1. The number of amides is 10. The Bertz CT molecular complexity index is 2810. The maximum absolute atomic E-state index is 14.4. The largest absolute Gasteiger partial charge is 0.497 e. The fourth-order valence-corrected chi connectivity index (χ4v) is 11.8. The average molecular weight is 1090 g/mol. The quantitative estimate of drug-likeness (QED) is 0.0124. The molecule has 14 N–H and O–H groups in total. The van der Waals surface area contributed by atoms with Crippen molar-refractivity contribution in [2.75, 3.05) is 32.5 Å². The molecule has 2 aliphatic heterocycles. The van der Waals surface area contributed by atoms with E-state index >= 15 is 0 Å². The number of H-pyrrole nitrogens is 2. The molecule has 1 unspecified atom stereocenters. The predicted molar refractivity (Wildman–Crippen MR) is 275 cm³/mol. The van der Waals surface area contributed by atoms with E-state index in [2.05, 4.69) is 57.5 Å². The summed E-state index contributed by atoms with van der Waals surface area (Å²) in [5.74, 6) is -5.68. The van der Waals surface area contributed by atoms with Crippen LogP contribution in [0.5, 0.6) is 5.75 Å². The number of para-hydroxylation sites is 1. The van der Waals surface area contributed by atoms with Gasteiger partial charge < -0.3 is 63.0 Å². The molecular formula is C48H63N13O13S2. The standard InChI is InChI=1S/C48H63N13O13S2/c1-74-29-13-15-30(16-14-29)76(72,73)38(20-40(63)61-71)47(69)58-34(18-27-21-52-32-9-3-2-8-31(27)32)46(68)57-35(19-28-22-50-26-55-28)45(67)54-23-41(64)53-24-42(65)56-33(44(49)66)10-6-7-17-51-39(62)12-5-4-11-37-43-36(25-75-37)59-48(70)60-43/h2-3,8-9,13-16,21-22,26,33-38,43,52,71H,4-7,10-12,17-20,23-25H2,1H3,(H2,49,66)(H,50,55)(H,51,62)(H,53,64)(H,54,67)(H,56,65)(H,57,68)(H,58,69)(H,61,63)(H2,59,60,70)/t33-,34-,35-,36-,37-,38?,43-/m0/s1. The number of rotatable bonds is 30. The van der Waals surface area contributed by atoms with E-state index in [4.69, 9.17) is 10.5 Å². The zero-order chi connectivity index (χ0) is 54.8. The highest BCUT2D eigenvalue weighted by atomic mass is 32.2. The van der Waals surface area contributed by atoms with Crippen LogP contribution in [-0.2, 0) is 61.0 Å². The number of ether oxygens (including phenoxy) is 1. The molecule has 2 aromatic heterocycles. The van der Waals surface area contributed by atoms with Gasteiger partial charge in [0.05, 0.1) is 49.9 Å². The number of aromatic nitrogens is 3. The molecule has 4 heterocycles. The molecule has 28 heteroatoms. The second-order valence-corrected chi connectivity index (χ2v) is 21.5. The predicted octanol–water partition coefficient (Wildman–Crippen LogP) is -1.39. The number of imidazole rings is 1. The molecule has 2 fully saturated rings. The molecule has 4 aromatic rings. The van der Waals surface area contributed by atoms with Gasteiger partial charge in [-0.3, -0.25) is 43.6 Å². The van der Waals surface area contributed by atoms with Gasteiger partial charge in [-0.1, -0.05) is 24.6 Å². The van der Waals surface area contributed by atoms with Crippen molar-refractivity contribution in [3.05, 3.63) is 78.5 Å². The summed E-state index contributed by atoms with van der Waals surface area (Å²) in [7, 11) is -3.31. The number of aromatic amines is 2. The molecule has 2 aromatic carbocycles. The SMILES string of the molecule is COc1ccc(S(=O)(=O)C(CC(=O)NO)C(=O)N[C@@H](Cc2c[nH]c3ccccc23)C(=O)N[C@@H](Cc2cnc[nH]2)C(=O)NCC(=O)NCC(=O)N[C@@H](CCCCNC(=O)CCCC[C@@H]2SC[C@@H]3NC(=O)N[C@@H]32)C(N)=O)cc1. The Kier molecular flexibility index (Phi) is 21.0. The summed E-state index contributed by atoms with van der Waals surface area (Å²) in [4.78, 5) is 126. The zero-order valence-electron chi connectivity index (χ0n) is 41.5. The number of fused-ring (bicyclic) bond motifs is 2. The van der Waals surface area contributed by atoms with Crippen molar-refractivity contribution in [3.8, 4) is 5.75 Å². The van der Waals surface area contributed by atoms with Gasteiger partial charge in [-0.2, -0.15) is 11.8 Å². The van der Waals surface area contributed by atoms with Crippen molar-refractivity contribution < 1.29 is 61.5 Å². The normalized spacial score (nSPS) is 17.3. The molecule has 0 spiro atoms. The van der Waals surface area contributed by atoms with Crippen LogP contribution in [0.1, 0.15) is 62.6 Å². The van der Waals surface area contributed by atoms with Gasteiger partial charge in [0.2, 0.25) is 47.3 Å². The number of hydrogen-bond acceptors (Lipinski definition) is 15. The number of methoxy groups -OCH3 is 1. The van der Waals surface area contributed by atoms with Gasteiger partial charge in [0.1, 0.15) is 23.9 Å². The first kappa shape index (κ1) is 57.6. The number of carbonyl (C=O) groups is 9. The lowest BCUT2D eigenvalue weighted by atomic mass is 10.0. The smallest absolute Gasteiger partial charge is 0.315 e. The maximum Gasteiger partial charge on any atom is 0.315 e. The van der Waals surface area contributed by atoms with Crippen LogP contribution in [0, 0.1) is 0 Å². The van der Waals surface area contributed by atoms with Crippen molar-refractivity contribution >= 4 is 85.8 Å². The number of hydrogen-bond donors (Lipinski definition) is 13. The van der Waals surface area contributed by atoms with E-state index in [0.29, 0.717) is 65.4 Å². The second-order valence-electron chi connectivity index (χ2n) is 18.1. The minimum Gasteiger partial charge on any atom is -0.497 e. The molecule has 10 amide bonds. The Morgan fingerprint density at radius 2 is 1.54 bits per heavy atom. The lowest BCUT2D eigenvalue weighted by Gasteiger charge is -2.25. The number of benzene rings is 2. The minimum atomic E-state index is -4.68. The summed E-state index contributed by atoms with van der Waals surface area (Å²) >= 11 is 1.82. The number of unbranched alkanes of at least 4 members (excludes halogenated alkanes) is 2. The molecular weight excluding hydrogens is 1030 g/mol. The van der Waals surface area contributed by atoms with E-state index < -0.39 is 94.1 Å². The number of hydroxylamine groups is 1. The van der Waals surface area contributed by atoms with Crippen LogP contribution in [0.25, 0.3) is 10.9 Å². The highest BCUT2D eigenvalue weighted by Crippen LogP contribution is 2.33. The van der Waals surface area contributed by atoms with E-state index in [0.717, 1.165) is 30.7 Å². The van der Waals surface area contributed by atoms with Gasteiger partial charge in [-0.15, -0.1) is 0 Å². The molecule has 410 valence electrons. The third kappa shape index (κ3) is 16.4. The number of thioether (sulfide) groups is 1. The third-order valence-corrected chi connectivity index (χ3v) is 16.3. The fourth-order valence-electron chi connectivity index (χ4n) is 8.71. The monoisotopic (exact) mass is 1090 g/mol. The topological polar surface area (TPSA) is 396 Å². The van der Waals surface area contributed by atoms with Crippen LogP contribution >= 0.6 is 11.8 Å². The molecule has 26 nitrogen and oxygen atoms in total. The molecule has 7 atom stereocenters. The second kappa shape index (κ2) is 27.7. The molecule has 0 bridgehead atoms. The summed E-state index contributed by atoms with van der Waals surface area (Å²) in [6.45, 7) is -0.933. The first-order valence-corrected chi connectivity index (χ1v) is 27.1. The zero-order valence-corrected chi connectivity index (χ0v) is 43.1. The highest BCUT2D eigenvalue weighted by Gasteiger charge is 2.43. The van der Waals surface area contributed by atoms with Crippen LogP contribution in [0.4, 0.5) is 4.79 Å². The van der Waals surface area contributed by atoms with E-state index in [1.807, 2.05) is 11.8 Å². The molecule has 76 heavy (non-hydrogen) atoms. The van der Waals surface area contributed by atoms with Crippen LogP contribution in [0.3, 0.4) is 0 Å². The van der Waals surface area contributed by atoms with Crippen LogP contribution < -0.4 is 58.5 Å². The summed E-state index contributed by atoms with van der Waals surface area (Å²) in [6, 6.07) is 8.01. The minimum absolute atomic E-state index is 0.105. The summed E-state index contributed by atoms with van der Waals surface area (Å²) < 4.78 is 33.0. The van der Waals surface area contributed by atoms with E-state index in [-0.39, 0.29) is 48.2 Å². The summed E-state index contributed by atoms with van der Waals surface area (Å²) in [5.41, 5.74) is 8.42. The van der Waals surface area contributed by atoms with Gasteiger partial charge in [0, 0.05) is 65.8 Å². The lowest BCUT2D eigenvalue weighted by Crippen LogP contribution is -2.57. The highest BCUT2D eigenvalue weighted by molar-refractivity contribution is 8.00. The molecule has 0 aliphatic carbocycles. The fraction of sp³-hybridized carbons (Fsp3) is 0.458. The van der Waals surface area contributed by atoms with Crippen molar-refractivity contribution in [2.45, 2.75) is 110 Å². The van der Waals surface area contributed by atoms with Crippen LogP contribution in [-0.4, -0.2) is 155 Å². The van der Waals surface area contributed by atoms with Crippen LogP contribution in [0.15, 0.2) is 72.1 Å². The third-order valence-electron chi connectivity index (χ3n) is 12.8. The first-order chi connectivity index (χ1) is 36.4. The molecule has 0 saturated carbocycles. The Hall–Kier alpha value is -7.72. The van der Waals surface area contributed by atoms with Crippen molar-refractivity contribution in [1.82, 2.24) is 63.0 Å². The Labute approximate surface area is 441 Å². The Balaban J connectivity index is 1.00. The van der Waals surface area contributed by atoms with Gasteiger partial charge in [-0.05, 0) is 68.0 Å².